The molecular formula is C30H29BrF4N2O5S. The molecule has 0 spiro atoms. The van der Waals surface area contributed by atoms with Gasteiger partial charge in [0.1, 0.15) is 29.8 Å². The lowest BCUT2D eigenvalue weighted by atomic mass is 9.98. The summed E-state index contributed by atoms with van der Waals surface area (Å²) in [6, 6.07) is 9.14. The predicted molar refractivity (Wildman–Crippen MR) is 158 cm³/mol. The SMILES string of the molecule is CCOC(=O)Cc1ccc(Br)cc1OCc1cc(-c2ccnc(CN[S@@](=O)C(C)(C)C)c2F)c2occ(C(F)(F)F)c2c1. The van der Waals surface area contributed by atoms with Gasteiger partial charge in [0.25, 0.3) is 0 Å². The molecule has 0 aliphatic rings. The maximum Gasteiger partial charge on any atom is 0.420 e. The summed E-state index contributed by atoms with van der Waals surface area (Å²) >= 11 is 3.36. The maximum absolute atomic E-state index is 15.8. The number of esters is 1. The van der Waals surface area contributed by atoms with Crippen molar-refractivity contribution in [1.82, 2.24) is 9.71 Å². The molecule has 7 nitrogen and oxygen atoms in total. The number of furan rings is 1. The van der Waals surface area contributed by atoms with Crippen molar-refractivity contribution in [3.05, 3.63) is 81.5 Å². The first kappa shape index (κ1) is 32.6. The Balaban J connectivity index is 1.75. The van der Waals surface area contributed by atoms with Gasteiger partial charge in [-0.2, -0.15) is 13.2 Å². The fraction of sp³-hybridized carbons (Fsp3) is 0.333. The Kier molecular flexibility index (Phi) is 9.97. The van der Waals surface area contributed by atoms with Crippen molar-refractivity contribution in [2.24, 2.45) is 0 Å². The highest BCUT2D eigenvalue weighted by atomic mass is 79.9. The van der Waals surface area contributed by atoms with Crippen molar-refractivity contribution < 1.29 is 40.5 Å². The molecule has 43 heavy (non-hydrogen) atoms. The number of carbonyl (C=O) groups excluding carboxylic acids is 1. The van der Waals surface area contributed by atoms with Gasteiger partial charge in [-0.1, -0.05) is 22.0 Å². The van der Waals surface area contributed by atoms with Crippen LogP contribution in [0.4, 0.5) is 17.6 Å². The van der Waals surface area contributed by atoms with Crippen LogP contribution in [0.2, 0.25) is 0 Å². The number of hydrogen-bond donors (Lipinski definition) is 1. The molecule has 1 atom stereocenters. The average molecular weight is 686 g/mol. The molecule has 0 unspecified atom stereocenters. The third-order valence-electron chi connectivity index (χ3n) is 6.28. The topological polar surface area (TPSA) is 90.7 Å². The summed E-state index contributed by atoms with van der Waals surface area (Å²) in [5.74, 6) is -0.937. The largest absolute Gasteiger partial charge is 0.489 e. The number of alkyl halides is 3. The van der Waals surface area contributed by atoms with Crippen molar-refractivity contribution in [1.29, 1.82) is 0 Å². The van der Waals surface area contributed by atoms with Crippen molar-refractivity contribution in [3.63, 3.8) is 0 Å². The summed E-state index contributed by atoms with van der Waals surface area (Å²) in [5.41, 5.74) is -0.421. The van der Waals surface area contributed by atoms with Gasteiger partial charge in [0.05, 0.1) is 41.0 Å². The molecule has 0 radical (unpaired) electrons. The maximum atomic E-state index is 15.8. The van der Waals surface area contributed by atoms with Gasteiger partial charge in [-0.3, -0.25) is 9.78 Å². The Morgan fingerprint density at radius 3 is 2.53 bits per heavy atom. The van der Waals surface area contributed by atoms with Crippen LogP contribution in [0.3, 0.4) is 0 Å². The molecule has 0 aliphatic heterocycles. The fourth-order valence-electron chi connectivity index (χ4n) is 4.21. The van der Waals surface area contributed by atoms with Crippen LogP contribution in [0.1, 0.15) is 50.1 Å². The first-order chi connectivity index (χ1) is 20.2. The number of nitrogens with zero attached hydrogens (tertiary/aromatic N) is 1. The Bertz CT molecular complexity index is 1670. The number of hydrogen-bond acceptors (Lipinski definition) is 6. The number of pyridine rings is 1. The zero-order valence-electron chi connectivity index (χ0n) is 23.7. The van der Waals surface area contributed by atoms with Crippen molar-refractivity contribution in [2.45, 2.75) is 58.2 Å². The van der Waals surface area contributed by atoms with Crippen LogP contribution >= 0.6 is 15.9 Å². The van der Waals surface area contributed by atoms with Crippen LogP contribution in [0, 0.1) is 5.82 Å². The Labute approximate surface area is 256 Å². The molecule has 0 amide bonds. The van der Waals surface area contributed by atoms with E-state index in [4.69, 9.17) is 13.9 Å². The number of halogens is 5. The van der Waals surface area contributed by atoms with Gasteiger partial charge in [-0.05, 0) is 63.6 Å². The summed E-state index contributed by atoms with van der Waals surface area (Å²) in [7, 11) is -1.51. The van der Waals surface area contributed by atoms with Gasteiger partial charge in [-0.15, -0.1) is 0 Å². The molecule has 1 N–H and O–H groups in total. The van der Waals surface area contributed by atoms with Crippen LogP contribution < -0.4 is 9.46 Å². The van der Waals surface area contributed by atoms with E-state index in [2.05, 4.69) is 25.6 Å². The van der Waals surface area contributed by atoms with Crippen LogP contribution in [-0.4, -0.2) is 26.5 Å². The molecule has 4 aromatic rings. The smallest absolute Gasteiger partial charge is 0.420 e. The van der Waals surface area contributed by atoms with Crippen molar-refractivity contribution in [3.8, 4) is 16.9 Å². The molecule has 230 valence electrons. The van der Waals surface area contributed by atoms with E-state index in [1.54, 1.807) is 45.9 Å². The number of ether oxygens (including phenoxy) is 2. The number of fused-ring (bicyclic) bond motifs is 1. The molecule has 0 aliphatic carbocycles. The minimum absolute atomic E-state index is 0.0475. The number of rotatable bonds is 10. The molecule has 0 fully saturated rings. The second-order valence-electron chi connectivity index (χ2n) is 10.5. The molecule has 0 saturated carbocycles. The lowest BCUT2D eigenvalue weighted by Gasteiger charge is -2.18. The normalized spacial score (nSPS) is 12.9. The van der Waals surface area contributed by atoms with E-state index < -0.39 is 39.3 Å². The molecule has 0 saturated heterocycles. The summed E-state index contributed by atoms with van der Waals surface area (Å²) < 4.78 is 89.1. The van der Waals surface area contributed by atoms with Crippen LogP contribution in [0.5, 0.6) is 5.75 Å². The van der Waals surface area contributed by atoms with E-state index in [0.717, 1.165) is 0 Å². The number of benzene rings is 2. The van der Waals surface area contributed by atoms with E-state index in [-0.39, 0.29) is 54.0 Å². The third-order valence-corrected chi connectivity index (χ3v) is 8.29. The monoisotopic (exact) mass is 684 g/mol. The minimum Gasteiger partial charge on any atom is -0.489 e. The van der Waals surface area contributed by atoms with E-state index in [0.29, 0.717) is 27.6 Å². The zero-order valence-corrected chi connectivity index (χ0v) is 26.1. The third kappa shape index (κ3) is 7.81. The highest BCUT2D eigenvalue weighted by Gasteiger charge is 2.35. The predicted octanol–water partition coefficient (Wildman–Crippen LogP) is 7.65. The Morgan fingerprint density at radius 2 is 1.86 bits per heavy atom. The molecule has 2 heterocycles. The van der Waals surface area contributed by atoms with Gasteiger partial charge in [0, 0.05) is 32.7 Å². The standard InChI is InChI=1S/C30H29BrF4N2O5S/c1-5-40-26(38)12-18-6-7-19(31)13-25(18)41-15-17-10-21(28-22(11-17)23(16-42-28)30(33,34)35)20-8-9-36-24(27(20)32)14-37-43(39)29(2,3)4/h6-11,13,16,37H,5,12,14-15H2,1-4H3/t43-/m0/s1. The summed E-state index contributed by atoms with van der Waals surface area (Å²) in [6.07, 6.45) is -2.89. The van der Waals surface area contributed by atoms with E-state index in [9.17, 15) is 22.2 Å². The highest BCUT2D eigenvalue weighted by molar-refractivity contribution is 9.10. The lowest BCUT2D eigenvalue weighted by Crippen LogP contribution is -2.33. The highest BCUT2D eigenvalue weighted by Crippen LogP contribution is 2.41. The minimum atomic E-state index is -4.73. The number of nitrogens with one attached hydrogen (secondary N) is 1. The second-order valence-corrected chi connectivity index (χ2v) is 13.5. The molecule has 13 heteroatoms. The van der Waals surface area contributed by atoms with E-state index in [1.165, 1.54) is 24.4 Å². The van der Waals surface area contributed by atoms with Gasteiger partial charge >= 0.3 is 12.1 Å². The molecular weight excluding hydrogens is 656 g/mol. The Hall–Kier alpha value is -3.29. The second kappa shape index (κ2) is 13.1. The molecule has 0 bridgehead atoms. The Morgan fingerprint density at radius 1 is 1.12 bits per heavy atom. The molecule has 2 aromatic carbocycles. The van der Waals surface area contributed by atoms with Crippen molar-refractivity contribution in [2.75, 3.05) is 6.61 Å². The van der Waals surface area contributed by atoms with Gasteiger partial charge in [0.2, 0.25) is 0 Å². The quantitative estimate of drug-likeness (QED) is 0.136. The molecule has 4 rings (SSSR count). The van der Waals surface area contributed by atoms with Gasteiger partial charge in [0.15, 0.2) is 5.82 Å². The number of carbonyl (C=O) groups is 1. The summed E-state index contributed by atoms with van der Waals surface area (Å²) in [4.78, 5) is 16.1. The average Bonchev–Trinajstić information content (AvgIpc) is 3.36. The van der Waals surface area contributed by atoms with E-state index >= 15 is 4.39 Å². The molecule has 2 aromatic heterocycles. The summed E-state index contributed by atoms with van der Waals surface area (Å²) in [5, 5.41) is -0.269. The zero-order chi connectivity index (χ0) is 31.5. The van der Waals surface area contributed by atoms with Crippen LogP contribution in [0.15, 0.2) is 57.7 Å². The number of aromatic nitrogens is 1. The van der Waals surface area contributed by atoms with Crippen LogP contribution in [0.25, 0.3) is 22.1 Å². The van der Waals surface area contributed by atoms with E-state index in [1.807, 2.05) is 0 Å². The lowest BCUT2D eigenvalue weighted by molar-refractivity contribution is -0.142. The van der Waals surface area contributed by atoms with Crippen LogP contribution in [-0.2, 0) is 46.3 Å². The summed E-state index contributed by atoms with van der Waals surface area (Å²) in [6.45, 7) is 6.78. The van der Waals surface area contributed by atoms with Crippen molar-refractivity contribution >= 4 is 43.9 Å². The first-order valence-corrected chi connectivity index (χ1v) is 15.1. The van der Waals surface area contributed by atoms with Gasteiger partial charge in [-0.25, -0.2) is 13.3 Å². The van der Waals surface area contributed by atoms with Gasteiger partial charge < -0.3 is 13.9 Å². The first-order valence-electron chi connectivity index (χ1n) is 13.2. The fourth-order valence-corrected chi connectivity index (χ4v) is 5.25.